The largest absolute Gasteiger partial charge is 0.507 e. The second-order valence-corrected chi connectivity index (χ2v) is 6.06. The highest BCUT2D eigenvalue weighted by Crippen LogP contribution is 2.44. The lowest BCUT2D eigenvalue weighted by Gasteiger charge is -2.13. The number of aromatic hydroxyl groups is 1. The van der Waals surface area contributed by atoms with Crippen LogP contribution < -0.4 is 18.9 Å². The van der Waals surface area contributed by atoms with Crippen molar-refractivity contribution in [3.63, 3.8) is 0 Å². The van der Waals surface area contributed by atoms with Gasteiger partial charge in [0.05, 0.1) is 19.7 Å². The summed E-state index contributed by atoms with van der Waals surface area (Å²) in [5.74, 6) is 2.69. The number of phenolic OH excluding ortho intramolecular Hbond substituents is 1. The zero-order chi connectivity index (χ0) is 17.8. The Morgan fingerprint density at radius 1 is 0.885 bits per heavy atom. The van der Waals surface area contributed by atoms with E-state index in [1.807, 2.05) is 18.2 Å². The fraction of sp³-hybridized carbons (Fsp3) is 0.150. The first kappa shape index (κ1) is 14.9. The van der Waals surface area contributed by atoms with Crippen molar-refractivity contribution >= 4 is 32.4 Å². The number of phenols is 1. The van der Waals surface area contributed by atoms with Crippen LogP contribution in [0.25, 0.3) is 32.4 Å². The number of benzene rings is 3. The van der Waals surface area contributed by atoms with Crippen molar-refractivity contribution in [3.8, 4) is 28.7 Å². The molecule has 1 aromatic heterocycles. The van der Waals surface area contributed by atoms with Gasteiger partial charge in [-0.1, -0.05) is 0 Å². The van der Waals surface area contributed by atoms with E-state index in [2.05, 4.69) is 4.98 Å². The third-order valence-corrected chi connectivity index (χ3v) is 4.78. The van der Waals surface area contributed by atoms with Crippen LogP contribution in [-0.4, -0.2) is 31.1 Å². The van der Waals surface area contributed by atoms with E-state index in [-0.39, 0.29) is 12.5 Å². The average molecular weight is 349 g/mol. The fourth-order valence-electron chi connectivity index (χ4n) is 3.57. The summed E-state index contributed by atoms with van der Waals surface area (Å²) in [5.41, 5.74) is 0.774. The average Bonchev–Trinajstić information content (AvgIpc) is 3.13. The van der Waals surface area contributed by atoms with E-state index in [1.54, 1.807) is 32.5 Å². The van der Waals surface area contributed by atoms with E-state index >= 15 is 0 Å². The number of pyridine rings is 1. The molecule has 6 heteroatoms. The van der Waals surface area contributed by atoms with Gasteiger partial charge < -0.3 is 24.1 Å². The second kappa shape index (κ2) is 5.29. The summed E-state index contributed by atoms with van der Waals surface area (Å²) in [6, 6.07) is 9.16. The van der Waals surface area contributed by atoms with Gasteiger partial charge in [0.1, 0.15) is 5.75 Å². The number of nitrogens with zero attached hydrogens (tertiary/aromatic N) is 1. The maximum atomic E-state index is 10.6. The summed E-state index contributed by atoms with van der Waals surface area (Å²) < 4.78 is 21.8. The third-order valence-electron chi connectivity index (χ3n) is 4.78. The van der Waals surface area contributed by atoms with Crippen LogP contribution in [0.5, 0.6) is 28.7 Å². The van der Waals surface area contributed by atoms with E-state index in [1.165, 1.54) is 0 Å². The van der Waals surface area contributed by atoms with Crippen LogP contribution in [0.2, 0.25) is 0 Å². The standard InChI is InChI=1S/C20H15NO5/c1-23-16-4-3-10-12-5-15(22)11-6-17-18(26-9-25-17)7-13(11)19(12)21-8-14(10)20(16)24-2/h3-8,22H,9H2,1-2H3. The van der Waals surface area contributed by atoms with Gasteiger partial charge in [-0.3, -0.25) is 4.98 Å². The van der Waals surface area contributed by atoms with Gasteiger partial charge in [0, 0.05) is 27.7 Å². The predicted molar refractivity (Wildman–Crippen MR) is 97.6 cm³/mol. The smallest absolute Gasteiger partial charge is 0.231 e. The van der Waals surface area contributed by atoms with Gasteiger partial charge >= 0.3 is 0 Å². The summed E-state index contributed by atoms with van der Waals surface area (Å²) in [6.07, 6.45) is 1.76. The number of ether oxygens (including phenoxy) is 4. The zero-order valence-electron chi connectivity index (χ0n) is 14.2. The lowest BCUT2D eigenvalue weighted by molar-refractivity contribution is 0.174. The topological polar surface area (TPSA) is 70.0 Å². The molecule has 1 aliphatic heterocycles. The Bertz CT molecular complexity index is 1200. The fourth-order valence-corrected chi connectivity index (χ4v) is 3.57. The van der Waals surface area contributed by atoms with E-state index in [0.29, 0.717) is 28.4 Å². The zero-order valence-corrected chi connectivity index (χ0v) is 14.2. The van der Waals surface area contributed by atoms with Crippen LogP contribution in [0.15, 0.2) is 36.5 Å². The summed E-state index contributed by atoms with van der Waals surface area (Å²) >= 11 is 0. The number of hydrogen-bond donors (Lipinski definition) is 1. The van der Waals surface area contributed by atoms with Crippen molar-refractivity contribution in [1.29, 1.82) is 0 Å². The first-order valence-electron chi connectivity index (χ1n) is 8.10. The van der Waals surface area contributed by atoms with Crippen LogP contribution in [0.3, 0.4) is 0 Å². The molecule has 3 aromatic carbocycles. The Labute approximate surface area is 148 Å². The molecule has 26 heavy (non-hydrogen) atoms. The van der Waals surface area contributed by atoms with E-state index in [4.69, 9.17) is 18.9 Å². The van der Waals surface area contributed by atoms with Gasteiger partial charge in [-0.25, -0.2) is 0 Å². The molecule has 6 nitrogen and oxygen atoms in total. The highest BCUT2D eigenvalue weighted by atomic mass is 16.7. The Morgan fingerprint density at radius 3 is 2.35 bits per heavy atom. The van der Waals surface area contributed by atoms with Gasteiger partial charge in [-0.2, -0.15) is 0 Å². The van der Waals surface area contributed by atoms with Gasteiger partial charge in [0.2, 0.25) is 6.79 Å². The number of aromatic nitrogens is 1. The Morgan fingerprint density at radius 2 is 1.62 bits per heavy atom. The number of fused-ring (bicyclic) bond motifs is 6. The molecule has 0 fully saturated rings. The van der Waals surface area contributed by atoms with Crippen LogP contribution in [-0.2, 0) is 0 Å². The summed E-state index contributed by atoms with van der Waals surface area (Å²) in [5, 5.41) is 14.7. The number of methoxy groups -OCH3 is 2. The molecule has 0 radical (unpaired) electrons. The predicted octanol–water partition coefficient (Wildman–Crippen LogP) is 3.99. The highest BCUT2D eigenvalue weighted by molar-refractivity contribution is 6.18. The molecule has 0 amide bonds. The monoisotopic (exact) mass is 349 g/mol. The van der Waals surface area contributed by atoms with Crippen LogP contribution in [0, 0.1) is 0 Å². The molecule has 2 heterocycles. The van der Waals surface area contributed by atoms with E-state index < -0.39 is 0 Å². The molecule has 0 aliphatic carbocycles. The minimum absolute atomic E-state index is 0.162. The summed E-state index contributed by atoms with van der Waals surface area (Å²) in [7, 11) is 3.19. The van der Waals surface area contributed by atoms with Gasteiger partial charge in [-0.05, 0) is 35.7 Å². The van der Waals surface area contributed by atoms with Gasteiger partial charge in [-0.15, -0.1) is 0 Å². The summed E-state index contributed by atoms with van der Waals surface area (Å²) in [4.78, 5) is 4.65. The lowest BCUT2D eigenvalue weighted by atomic mass is 9.99. The molecule has 1 N–H and O–H groups in total. The van der Waals surface area contributed by atoms with Gasteiger partial charge in [0.15, 0.2) is 23.0 Å². The molecule has 0 unspecified atom stereocenters. The third kappa shape index (κ3) is 1.89. The molecular weight excluding hydrogens is 334 g/mol. The molecule has 1 aliphatic rings. The molecule has 4 aromatic rings. The number of rotatable bonds is 2. The minimum atomic E-state index is 0.162. The quantitative estimate of drug-likeness (QED) is 0.552. The minimum Gasteiger partial charge on any atom is -0.507 e. The Hall–Kier alpha value is -3.41. The molecule has 0 bridgehead atoms. The first-order valence-corrected chi connectivity index (χ1v) is 8.10. The molecular formula is C20H15NO5. The van der Waals surface area contributed by atoms with Crippen molar-refractivity contribution in [2.45, 2.75) is 0 Å². The molecule has 0 saturated heterocycles. The first-order chi connectivity index (χ1) is 12.7. The van der Waals surface area contributed by atoms with Crippen molar-refractivity contribution in [2.24, 2.45) is 0 Å². The normalized spacial score (nSPS) is 12.8. The SMILES string of the molecule is COc1ccc2c(cnc3c4cc5c(cc4c(O)cc23)OCO5)c1OC. The molecule has 0 saturated carbocycles. The summed E-state index contributed by atoms with van der Waals surface area (Å²) in [6.45, 7) is 0.178. The lowest BCUT2D eigenvalue weighted by Crippen LogP contribution is -1.93. The van der Waals surface area contributed by atoms with E-state index in [9.17, 15) is 5.11 Å². The van der Waals surface area contributed by atoms with Crippen molar-refractivity contribution in [2.75, 3.05) is 21.0 Å². The van der Waals surface area contributed by atoms with Crippen molar-refractivity contribution in [3.05, 3.63) is 36.5 Å². The molecule has 0 atom stereocenters. The number of hydrogen-bond acceptors (Lipinski definition) is 6. The van der Waals surface area contributed by atoms with Crippen LogP contribution >= 0.6 is 0 Å². The van der Waals surface area contributed by atoms with Gasteiger partial charge in [0.25, 0.3) is 0 Å². The second-order valence-electron chi connectivity index (χ2n) is 6.06. The van der Waals surface area contributed by atoms with Crippen LogP contribution in [0.1, 0.15) is 0 Å². The maximum absolute atomic E-state index is 10.6. The van der Waals surface area contributed by atoms with Crippen LogP contribution in [0.4, 0.5) is 0 Å². The highest BCUT2D eigenvalue weighted by Gasteiger charge is 2.19. The Balaban J connectivity index is 1.93. The van der Waals surface area contributed by atoms with Crippen molar-refractivity contribution < 1.29 is 24.1 Å². The van der Waals surface area contributed by atoms with E-state index in [0.717, 1.165) is 27.1 Å². The van der Waals surface area contributed by atoms with Crippen molar-refractivity contribution in [1.82, 2.24) is 4.98 Å². The maximum Gasteiger partial charge on any atom is 0.231 e. The molecule has 0 spiro atoms. The Kier molecular flexibility index (Phi) is 3.03. The molecule has 130 valence electrons. The molecule has 5 rings (SSSR count).